The molecular weight excluding hydrogens is 200 g/mol. The number of aliphatic hydroxyl groups is 4. The van der Waals surface area contributed by atoms with E-state index in [0.717, 1.165) is 0 Å². The molecule has 0 spiro atoms. The number of cyclic esters (lactones) is 2. The normalized spacial score (nSPS) is 24.0. The maximum absolute atomic E-state index is 10.5. The van der Waals surface area contributed by atoms with Crippen LogP contribution in [0.1, 0.15) is 0 Å². The van der Waals surface area contributed by atoms with Gasteiger partial charge in [0.2, 0.25) is 0 Å². The molecule has 2 unspecified atom stereocenters. The Morgan fingerprint density at radius 3 is 2.00 bits per heavy atom. The van der Waals surface area contributed by atoms with Crippen LogP contribution < -0.4 is 0 Å². The third-order valence-corrected chi connectivity index (χ3v) is 1.57. The molecule has 0 radical (unpaired) electrons. The maximum atomic E-state index is 10.5. The summed E-state index contributed by atoms with van der Waals surface area (Å²) in [6.07, 6.45) is -3.94. The molecule has 0 amide bonds. The van der Waals surface area contributed by atoms with Crippen molar-refractivity contribution in [1.82, 2.24) is 0 Å². The van der Waals surface area contributed by atoms with Gasteiger partial charge in [0, 0.05) is 0 Å². The van der Waals surface area contributed by atoms with Crippen LogP contribution in [0.5, 0.6) is 0 Å². The van der Waals surface area contributed by atoms with Crippen molar-refractivity contribution in [1.29, 1.82) is 0 Å². The number of ether oxygens (including phenoxy) is 2. The van der Waals surface area contributed by atoms with Crippen molar-refractivity contribution in [2.24, 2.45) is 0 Å². The summed E-state index contributed by atoms with van der Waals surface area (Å²) < 4.78 is 7.94. The highest BCUT2D eigenvalue weighted by Gasteiger charge is 2.55. The van der Waals surface area contributed by atoms with Gasteiger partial charge in [-0.25, -0.2) is 9.59 Å². The van der Waals surface area contributed by atoms with E-state index in [2.05, 4.69) is 9.47 Å². The lowest BCUT2D eigenvalue weighted by atomic mass is 10.2. The second kappa shape index (κ2) is 3.50. The molecule has 1 aliphatic heterocycles. The number of carbonyl (C=O) groups excluding carboxylic acids is 2. The van der Waals surface area contributed by atoms with Crippen LogP contribution in [-0.4, -0.2) is 57.2 Å². The fourth-order valence-corrected chi connectivity index (χ4v) is 0.834. The van der Waals surface area contributed by atoms with Crippen LogP contribution in [0.25, 0.3) is 0 Å². The van der Waals surface area contributed by atoms with Gasteiger partial charge in [0.05, 0.1) is 6.61 Å². The zero-order chi connectivity index (χ0) is 10.9. The molecule has 1 fully saturated rings. The smallest absolute Gasteiger partial charge is 0.394 e. The van der Waals surface area contributed by atoms with Crippen molar-refractivity contribution in [2.45, 2.75) is 18.2 Å². The summed E-state index contributed by atoms with van der Waals surface area (Å²) in [5, 5.41) is 35.6. The lowest BCUT2D eigenvalue weighted by Gasteiger charge is -2.26. The Balaban J connectivity index is 2.77. The molecule has 1 aliphatic rings. The molecule has 8 heteroatoms. The topological polar surface area (TPSA) is 134 Å². The molecule has 0 bridgehead atoms. The number of rotatable bonds is 3. The van der Waals surface area contributed by atoms with Crippen LogP contribution in [0, 0.1) is 0 Å². The van der Waals surface area contributed by atoms with Crippen molar-refractivity contribution >= 4 is 11.9 Å². The first-order valence-electron chi connectivity index (χ1n) is 3.56. The Bertz CT molecular complexity index is 245. The predicted octanol–water partition coefficient (Wildman–Crippen LogP) is -3.55. The molecule has 0 saturated carbocycles. The largest absolute Gasteiger partial charge is 0.422 e. The lowest BCUT2D eigenvalue weighted by Crippen LogP contribution is -2.51. The molecule has 0 aliphatic carbocycles. The molecule has 8 nitrogen and oxygen atoms in total. The minimum Gasteiger partial charge on any atom is -0.394 e. The first-order valence-corrected chi connectivity index (χ1v) is 3.56. The number of aliphatic hydroxyl groups excluding tert-OH is 3. The quantitative estimate of drug-likeness (QED) is 0.276. The average Bonchev–Trinajstić information content (AvgIpc) is 2.39. The summed E-state index contributed by atoms with van der Waals surface area (Å²) in [5.41, 5.74) is 0. The second-order valence-electron chi connectivity index (χ2n) is 2.60. The fourth-order valence-electron chi connectivity index (χ4n) is 0.834. The van der Waals surface area contributed by atoms with Crippen molar-refractivity contribution in [2.75, 3.05) is 6.61 Å². The van der Waals surface area contributed by atoms with Gasteiger partial charge in [-0.3, -0.25) is 0 Å². The molecule has 1 heterocycles. The fraction of sp³-hybridized carbons (Fsp3) is 0.667. The third kappa shape index (κ3) is 1.68. The van der Waals surface area contributed by atoms with Crippen LogP contribution in [0.2, 0.25) is 0 Å². The minimum absolute atomic E-state index is 0.904. The third-order valence-electron chi connectivity index (χ3n) is 1.57. The van der Waals surface area contributed by atoms with E-state index >= 15 is 0 Å². The van der Waals surface area contributed by atoms with E-state index in [1.165, 1.54) is 0 Å². The van der Waals surface area contributed by atoms with Crippen molar-refractivity contribution < 1.29 is 39.5 Å². The minimum atomic E-state index is -2.93. The molecule has 0 aromatic heterocycles. The molecule has 14 heavy (non-hydrogen) atoms. The van der Waals surface area contributed by atoms with Gasteiger partial charge in [-0.2, -0.15) is 0 Å². The van der Waals surface area contributed by atoms with E-state index in [4.69, 9.17) is 15.3 Å². The van der Waals surface area contributed by atoms with E-state index in [0.29, 0.717) is 0 Å². The predicted molar refractivity (Wildman–Crippen MR) is 36.2 cm³/mol. The van der Waals surface area contributed by atoms with Gasteiger partial charge in [0.1, 0.15) is 6.10 Å². The Labute approximate surface area is 77.3 Å². The standard InChI is InChI=1S/C6H8O8/c7-1-2(8)3(9)6(12)13-4(10)5(11)14-6/h2-3,7-9,12H,1H2. The van der Waals surface area contributed by atoms with Gasteiger partial charge in [0.25, 0.3) is 0 Å². The highest BCUT2D eigenvalue weighted by molar-refractivity contribution is 6.31. The second-order valence-corrected chi connectivity index (χ2v) is 2.60. The van der Waals surface area contributed by atoms with Crippen LogP contribution in [0.4, 0.5) is 0 Å². The summed E-state index contributed by atoms with van der Waals surface area (Å²) in [6, 6.07) is 0. The number of hydrogen-bond acceptors (Lipinski definition) is 8. The first kappa shape index (κ1) is 10.9. The Morgan fingerprint density at radius 2 is 1.64 bits per heavy atom. The summed E-state index contributed by atoms with van der Waals surface area (Å²) >= 11 is 0. The average molecular weight is 208 g/mol. The van der Waals surface area contributed by atoms with Crippen molar-refractivity contribution in [3.05, 3.63) is 0 Å². The summed E-state index contributed by atoms with van der Waals surface area (Å²) in [4.78, 5) is 21.0. The summed E-state index contributed by atoms with van der Waals surface area (Å²) in [6.45, 7) is -0.904. The monoisotopic (exact) mass is 208 g/mol. The molecule has 4 N–H and O–H groups in total. The maximum Gasteiger partial charge on any atom is 0.422 e. The van der Waals surface area contributed by atoms with Crippen LogP contribution in [-0.2, 0) is 19.1 Å². The number of hydrogen-bond donors (Lipinski definition) is 4. The van der Waals surface area contributed by atoms with Gasteiger partial charge in [-0.05, 0) is 0 Å². The van der Waals surface area contributed by atoms with E-state index in [-0.39, 0.29) is 0 Å². The Hall–Kier alpha value is -1.22. The zero-order valence-electron chi connectivity index (χ0n) is 6.78. The highest BCUT2D eigenvalue weighted by Crippen LogP contribution is 2.23. The van der Waals surface area contributed by atoms with Gasteiger partial charge < -0.3 is 29.9 Å². The summed E-state index contributed by atoms with van der Waals surface area (Å²) in [7, 11) is 0. The van der Waals surface area contributed by atoms with Crippen molar-refractivity contribution in [3.8, 4) is 0 Å². The number of carbonyl (C=O) groups is 2. The zero-order valence-corrected chi connectivity index (χ0v) is 6.78. The van der Waals surface area contributed by atoms with Gasteiger partial charge in [0.15, 0.2) is 6.10 Å². The van der Waals surface area contributed by atoms with Crippen LogP contribution >= 0.6 is 0 Å². The Morgan fingerprint density at radius 1 is 1.21 bits per heavy atom. The molecule has 2 atom stereocenters. The molecule has 1 rings (SSSR count). The van der Waals surface area contributed by atoms with Crippen LogP contribution in [0.15, 0.2) is 0 Å². The Kier molecular flexibility index (Phi) is 2.71. The molecule has 0 aromatic rings. The molecule has 1 saturated heterocycles. The first-order chi connectivity index (χ1) is 6.40. The molecular formula is C6H8O8. The van der Waals surface area contributed by atoms with Gasteiger partial charge in [-0.15, -0.1) is 0 Å². The molecule has 0 aromatic carbocycles. The van der Waals surface area contributed by atoms with Gasteiger partial charge >= 0.3 is 17.9 Å². The van der Waals surface area contributed by atoms with Crippen LogP contribution in [0.3, 0.4) is 0 Å². The van der Waals surface area contributed by atoms with Gasteiger partial charge in [-0.1, -0.05) is 0 Å². The van der Waals surface area contributed by atoms with E-state index in [9.17, 15) is 14.7 Å². The van der Waals surface area contributed by atoms with Crippen molar-refractivity contribution in [3.63, 3.8) is 0 Å². The number of esters is 2. The van der Waals surface area contributed by atoms with E-state index in [1.54, 1.807) is 0 Å². The van der Waals surface area contributed by atoms with E-state index in [1.807, 2.05) is 0 Å². The lowest BCUT2D eigenvalue weighted by molar-refractivity contribution is -0.347. The summed E-state index contributed by atoms with van der Waals surface area (Å²) in [5.74, 6) is -5.91. The highest BCUT2D eigenvalue weighted by atomic mass is 16.9. The SMILES string of the molecule is O=C1OC(O)(C(O)C(O)CO)OC1=O. The molecule has 80 valence electrons. The van der Waals surface area contributed by atoms with E-state index < -0.39 is 36.7 Å².